The SMILES string of the molecule is Cc1cc(Cl)ccc1-n1c(Cl)nnc1C(C)(C)C. The van der Waals surface area contributed by atoms with Crippen LogP contribution in [0.25, 0.3) is 5.69 Å². The molecule has 5 heteroatoms. The molecule has 1 heterocycles. The smallest absolute Gasteiger partial charge is 0.229 e. The standard InChI is InChI=1S/C13H15Cl2N3/c1-8-7-9(14)5-6-10(8)18-11(13(2,3)4)16-17-12(18)15/h5-7H,1-4H3. The highest BCUT2D eigenvalue weighted by Gasteiger charge is 2.24. The van der Waals surface area contributed by atoms with E-state index in [9.17, 15) is 0 Å². The van der Waals surface area contributed by atoms with Gasteiger partial charge in [0, 0.05) is 10.4 Å². The van der Waals surface area contributed by atoms with Crippen LogP contribution < -0.4 is 0 Å². The van der Waals surface area contributed by atoms with E-state index in [1.165, 1.54) is 0 Å². The van der Waals surface area contributed by atoms with E-state index in [2.05, 4.69) is 31.0 Å². The van der Waals surface area contributed by atoms with Gasteiger partial charge >= 0.3 is 0 Å². The van der Waals surface area contributed by atoms with Crippen LogP contribution in [0, 0.1) is 6.92 Å². The molecular weight excluding hydrogens is 269 g/mol. The maximum atomic E-state index is 6.15. The second-order valence-electron chi connectivity index (χ2n) is 5.31. The molecule has 0 N–H and O–H groups in total. The molecule has 96 valence electrons. The second kappa shape index (κ2) is 4.56. The van der Waals surface area contributed by atoms with Gasteiger partial charge in [-0.2, -0.15) is 0 Å². The molecule has 18 heavy (non-hydrogen) atoms. The minimum Gasteiger partial charge on any atom is -0.269 e. The number of aryl methyl sites for hydroxylation is 1. The first-order chi connectivity index (χ1) is 8.30. The number of halogens is 2. The lowest BCUT2D eigenvalue weighted by Crippen LogP contribution is -2.18. The maximum Gasteiger partial charge on any atom is 0.229 e. The average molecular weight is 284 g/mol. The van der Waals surface area contributed by atoms with Crippen LogP contribution in [0.3, 0.4) is 0 Å². The number of nitrogens with zero attached hydrogens (tertiary/aromatic N) is 3. The van der Waals surface area contributed by atoms with Crippen molar-refractivity contribution in [1.82, 2.24) is 14.8 Å². The molecule has 0 bridgehead atoms. The van der Waals surface area contributed by atoms with Gasteiger partial charge in [-0.05, 0) is 42.3 Å². The Morgan fingerprint density at radius 2 is 1.78 bits per heavy atom. The van der Waals surface area contributed by atoms with Gasteiger partial charge in [0.15, 0.2) is 0 Å². The molecule has 0 amide bonds. The van der Waals surface area contributed by atoms with Crippen LogP contribution in [0.2, 0.25) is 10.3 Å². The number of aromatic nitrogens is 3. The Balaban J connectivity index is 2.67. The van der Waals surface area contributed by atoms with E-state index in [0.717, 1.165) is 17.1 Å². The van der Waals surface area contributed by atoms with Gasteiger partial charge in [-0.3, -0.25) is 4.57 Å². The molecule has 0 aliphatic carbocycles. The number of rotatable bonds is 1. The molecule has 0 saturated heterocycles. The molecule has 0 radical (unpaired) electrons. The Bertz CT molecular complexity index is 582. The third-order valence-corrected chi connectivity index (χ3v) is 3.17. The first-order valence-corrected chi connectivity index (χ1v) is 6.44. The fraction of sp³-hybridized carbons (Fsp3) is 0.385. The van der Waals surface area contributed by atoms with Gasteiger partial charge in [0.25, 0.3) is 0 Å². The second-order valence-corrected chi connectivity index (χ2v) is 6.08. The molecule has 1 aromatic carbocycles. The van der Waals surface area contributed by atoms with Crippen molar-refractivity contribution in [1.29, 1.82) is 0 Å². The van der Waals surface area contributed by atoms with Crippen molar-refractivity contribution < 1.29 is 0 Å². The summed E-state index contributed by atoms with van der Waals surface area (Å²) in [5.41, 5.74) is 1.86. The molecule has 0 fully saturated rings. The van der Waals surface area contributed by atoms with Crippen molar-refractivity contribution in [2.75, 3.05) is 0 Å². The van der Waals surface area contributed by atoms with Gasteiger partial charge in [0.2, 0.25) is 5.28 Å². The normalized spacial score (nSPS) is 11.9. The Labute approximate surface area is 117 Å². The summed E-state index contributed by atoms with van der Waals surface area (Å²) in [5, 5.41) is 9.22. The highest BCUT2D eigenvalue weighted by molar-refractivity contribution is 6.30. The van der Waals surface area contributed by atoms with Crippen LogP contribution in [0.15, 0.2) is 18.2 Å². The topological polar surface area (TPSA) is 30.7 Å². The molecule has 2 aromatic rings. The molecule has 0 saturated carbocycles. The van der Waals surface area contributed by atoms with Crippen LogP contribution in [0.1, 0.15) is 32.2 Å². The molecule has 0 unspecified atom stereocenters. The van der Waals surface area contributed by atoms with Crippen LogP contribution in [0.4, 0.5) is 0 Å². The largest absolute Gasteiger partial charge is 0.269 e. The van der Waals surface area contributed by atoms with Crippen molar-refractivity contribution in [3.05, 3.63) is 39.9 Å². The quantitative estimate of drug-likeness (QED) is 0.786. The third kappa shape index (κ3) is 2.38. The highest BCUT2D eigenvalue weighted by atomic mass is 35.5. The summed E-state index contributed by atoms with van der Waals surface area (Å²) in [6.07, 6.45) is 0. The van der Waals surface area contributed by atoms with E-state index in [-0.39, 0.29) is 5.41 Å². The van der Waals surface area contributed by atoms with Crippen LogP contribution >= 0.6 is 23.2 Å². The van der Waals surface area contributed by atoms with Gasteiger partial charge in [-0.15, -0.1) is 10.2 Å². The number of hydrogen-bond acceptors (Lipinski definition) is 2. The van der Waals surface area contributed by atoms with Gasteiger partial charge in [0.1, 0.15) is 5.82 Å². The average Bonchev–Trinajstić information content (AvgIpc) is 2.60. The first kappa shape index (κ1) is 13.4. The predicted octanol–water partition coefficient (Wildman–Crippen LogP) is 4.18. The van der Waals surface area contributed by atoms with Crippen LogP contribution in [-0.2, 0) is 5.41 Å². The van der Waals surface area contributed by atoms with Crippen LogP contribution in [-0.4, -0.2) is 14.8 Å². The zero-order valence-electron chi connectivity index (χ0n) is 10.8. The minimum atomic E-state index is -0.133. The van der Waals surface area contributed by atoms with E-state index in [0.29, 0.717) is 10.3 Å². The minimum absolute atomic E-state index is 0.133. The van der Waals surface area contributed by atoms with Crippen molar-refractivity contribution in [3.63, 3.8) is 0 Å². The highest BCUT2D eigenvalue weighted by Crippen LogP contribution is 2.29. The Morgan fingerprint density at radius 1 is 1.11 bits per heavy atom. The Morgan fingerprint density at radius 3 is 2.33 bits per heavy atom. The van der Waals surface area contributed by atoms with Gasteiger partial charge < -0.3 is 0 Å². The number of hydrogen-bond donors (Lipinski definition) is 0. The summed E-state index contributed by atoms with van der Waals surface area (Å²) >= 11 is 12.1. The van der Waals surface area contributed by atoms with E-state index in [4.69, 9.17) is 23.2 Å². The lowest BCUT2D eigenvalue weighted by molar-refractivity contribution is 0.533. The Hall–Kier alpha value is -1.06. The molecule has 0 atom stereocenters. The molecule has 2 rings (SSSR count). The summed E-state index contributed by atoms with van der Waals surface area (Å²) in [7, 11) is 0. The lowest BCUT2D eigenvalue weighted by Gasteiger charge is -2.20. The maximum absolute atomic E-state index is 6.15. The van der Waals surface area contributed by atoms with E-state index >= 15 is 0 Å². The fourth-order valence-electron chi connectivity index (χ4n) is 1.83. The molecule has 0 aliphatic heterocycles. The van der Waals surface area contributed by atoms with Crippen molar-refractivity contribution >= 4 is 23.2 Å². The zero-order chi connectivity index (χ0) is 13.5. The molecular formula is C13H15Cl2N3. The summed E-state index contributed by atoms with van der Waals surface area (Å²) in [5.74, 6) is 0.831. The predicted molar refractivity (Wildman–Crippen MR) is 74.8 cm³/mol. The summed E-state index contributed by atoms with van der Waals surface area (Å²) in [6, 6.07) is 5.68. The number of benzene rings is 1. The summed E-state index contributed by atoms with van der Waals surface area (Å²) in [6.45, 7) is 8.23. The summed E-state index contributed by atoms with van der Waals surface area (Å²) in [4.78, 5) is 0. The molecule has 1 aromatic heterocycles. The zero-order valence-corrected chi connectivity index (χ0v) is 12.3. The van der Waals surface area contributed by atoms with Gasteiger partial charge in [-0.25, -0.2) is 0 Å². The van der Waals surface area contributed by atoms with Crippen LogP contribution in [0.5, 0.6) is 0 Å². The van der Waals surface area contributed by atoms with Crippen molar-refractivity contribution in [3.8, 4) is 5.69 Å². The molecule has 0 aliphatic rings. The first-order valence-electron chi connectivity index (χ1n) is 5.68. The van der Waals surface area contributed by atoms with Gasteiger partial charge in [0.05, 0.1) is 5.69 Å². The van der Waals surface area contributed by atoms with E-state index in [1.807, 2.05) is 29.7 Å². The monoisotopic (exact) mass is 283 g/mol. The fourth-order valence-corrected chi connectivity index (χ4v) is 2.27. The third-order valence-electron chi connectivity index (χ3n) is 2.69. The van der Waals surface area contributed by atoms with Gasteiger partial charge in [-0.1, -0.05) is 32.4 Å². The van der Waals surface area contributed by atoms with E-state index in [1.54, 1.807) is 0 Å². The van der Waals surface area contributed by atoms with E-state index < -0.39 is 0 Å². The van der Waals surface area contributed by atoms with Crippen molar-refractivity contribution in [2.45, 2.75) is 33.1 Å². The molecule has 0 spiro atoms. The lowest BCUT2D eigenvalue weighted by atomic mass is 9.95. The van der Waals surface area contributed by atoms with Crippen molar-refractivity contribution in [2.24, 2.45) is 0 Å². The molecule has 3 nitrogen and oxygen atoms in total. The summed E-state index contributed by atoms with van der Waals surface area (Å²) < 4.78 is 1.87. The Kier molecular flexibility index (Phi) is 3.39.